The summed E-state index contributed by atoms with van der Waals surface area (Å²) in [6.45, 7) is 13.5. The summed E-state index contributed by atoms with van der Waals surface area (Å²) in [4.78, 5) is 10.2. The number of carbonyl (C=O) groups is 1. The highest BCUT2D eigenvalue weighted by Gasteiger charge is 2.36. The molecular formula is C11H22O2Si. The molecular weight excluding hydrogens is 192 g/mol. The minimum atomic E-state index is -1.65. The van der Waals surface area contributed by atoms with E-state index in [1.54, 1.807) is 6.08 Å². The van der Waals surface area contributed by atoms with Gasteiger partial charge in [-0.2, -0.15) is 0 Å². The lowest BCUT2D eigenvalue weighted by molar-refractivity contribution is -0.104. The first-order valence-corrected chi connectivity index (χ1v) is 7.86. The van der Waals surface area contributed by atoms with Crippen molar-refractivity contribution in [2.75, 3.05) is 6.61 Å². The molecule has 0 aliphatic rings. The van der Waals surface area contributed by atoms with Gasteiger partial charge in [0.2, 0.25) is 0 Å². The molecule has 0 aromatic rings. The van der Waals surface area contributed by atoms with Gasteiger partial charge in [0.05, 0.1) is 6.61 Å². The molecule has 0 N–H and O–H groups in total. The van der Waals surface area contributed by atoms with Crippen LogP contribution in [0.1, 0.15) is 27.7 Å². The van der Waals surface area contributed by atoms with E-state index >= 15 is 0 Å². The zero-order chi connectivity index (χ0) is 11.4. The number of hydrogen-bond donors (Lipinski definition) is 0. The highest BCUT2D eigenvalue weighted by molar-refractivity contribution is 6.74. The number of aldehydes is 1. The van der Waals surface area contributed by atoms with Crippen LogP contribution in [0.4, 0.5) is 0 Å². The number of carbonyl (C=O) groups excluding carboxylic acids is 1. The van der Waals surface area contributed by atoms with Crippen LogP contribution in [0.2, 0.25) is 18.1 Å². The predicted molar refractivity (Wildman–Crippen MR) is 63.0 cm³/mol. The van der Waals surface area contributed by atoms with Crippen LogP contribution in [-0.4, -0.2) is 21.2 Å². The molecule has 0 spiro atoms. The van der Waals surface area contributed by atoms with Crippen LogP contribution in [0.5, 0.6) is 0 Å². The molecule has 0 bridgehead atoms. The van der Waals surface area contributed by atoms with Crippen LogP contribution in [-0.2, 0) is 9.22 Å². The van der Waals surface area contributed by atoms with Gasteiger partial charge in [-0.15, -0.1) is 0 Å². The van der Waals surface area contributed by atoms with Crippen molar-refractivity contribution in [2.45, 2.75) is 45.8 Å². The Morgan fingerprint density at radius 1 is 1.36 bits per heavy atom. The molecule has 2 nitrogen and oxygen atoms in total. The van der Waals surface area contributed by atoms with Crippen LogP contribution >= 0.6 is 0 Å². The van der Waals surface area contributed by atoms with E-state index in [0.29, 0.717) is 6.61 Å². The van der Waals surface area contributed by atoms with Gasteiger partial charge in [0, 0.05) is 0 Å². The molecule has 0 rings (SSSR count). The summed E-state index contributed by atoms with van der Waals surface area (Å²) in [5, 5.41) is 0.231. The van der Waals surface area contributed by atoms with Crippen molar-refractivity contribution in [1.82, 2.24) is 0 Å². The second-order valence-electron chi connectivity index (χ2n) is 5.20. The van der Waals surface area contributed by atoms with E-state index < -0.39 is 8.32 Å². The van der Waals surface area contributed by atoms with Gasteiger partial charge in [-0.3, -0.25) is 4.79 Å². The van der Waals surface area contributed by atoms with E-state index in [2.05, 4.69) is 33.9 Å². The summed E-state index contributed by atoms with van der Waals surface area (Å²) in [6.07, 6.45) is 2.37. The smallest absolute Gasteiger partial charge is 0.192 e. The molecule has 0 saturated heterocycles. The van der Waals surface area contributed by atoms with Crippen LogP contribution in [0.15, 0.2) is 11.6 Å². The molecule has 0 heterocycles. The van der Waals surface area contributed by atoms with Crippen LogP contribution < -0.4 is 0 Å². The molecule has 3 heteroatoms. The number of allylic oxidation sites excluding steroid dienone is 1. The molecule has 0 aromatic carbocycles. The summed E-state index contributed by atoms with van der Waals surface area (Å²) < 4.78 is 5.92. The van der Waals surface area contributed by atoms with Gasteiger partial charge < -0.3 is 4.43 Å². The maximum atomic E-state index is 10.2. The number of rotatable bonds is 4. The topological polar surface area (TPSA) is 26.3 Å². The standard InChI is InChI=1S/C11H22O2Si/c1-10(7-8-12)9-13-14(5,6)11(2,3)4/h7-8H,9H2,1-6H3/b10-7+. The normalized spacial score (nSPS) is 14.3. The van der Waals surface area contributed by atoms with E-state index in [9.17, 15) is 4.79 Å². The maximum absolute atomic E-state index is 10.2. The molecule has 82 valence electrons. The van der Waals surface area contributed by atoms with E-state index in [1.807, 2.05) is 6.92 Å². The fraction of sp³-hybridized carbons (Fsp3) is 0.727. The summed E-state index contributed by atoms with van der Waals surface area (Å²) in [5.41, 5.74) is 0.991. The zero-order valence-corrected chi connectivity index (χ0v) is 11.2. The monoisotopic (exact) mass is 214 g/mol. The van der Waals surface area contributed by atoms with Crippen molar-refractivity contribution >= 4 is 14.6 Å². The Balaban J connectivity index is 4.26. The third-order valence-corrected chi connectivity index (χ3v) is 7.30. The molecule has 0 aromatic heterocycles. The fourth-order valence-electron chi connectivity index (χ4n) is 0.675. The van der Waals surface area contributed by atoms with E-state index in [4.69, 9.17) is 4.43 Å². The molecule has 14 heavy (non-hydrogen) atoms. The zero-order valence-electron chi connectivity index (χ0n) is 10.2. The Bertz CT molecular complexity index is 224. The second-order valence-corrected chi connectivity index (χ2v) is 10.0. The van der Waals surface area contributed by atoms with E-state index in [1.165, 1.54) is 0 Å². The first kappa shape index (κ1) is 13.6. The molecule has 0 aliphatic heterocycles. The lowest BCUT2D eigenvalue weighted by atomic mass is 10.2. The maximum Gasteiger partial charge on any atom is 0.192 e. The van der Waals surface area contributed by atoms with Gasteiger partial charge in [0.25, 0.3) is 0 Å². The lowest BCUT2D eigenvalue weighted by Gasteiger charge is -2.36. The van der Waals surface area contributed by atoms with Crippen molar-refractivity contribution < 1.29 is 9.22 Å². The van der Waals surface area contributed by atoms with Gasteiger partial charge in [-0.25, -0.2) is 0 Å². The van der Waals surface area contributed by atoms with Crippen molar-refractivity contribution in [3.63, 3.8) is 0 Å². The lowest BCUT2D eigenvalue weighted by Crippen LogP contribution is -2.41. The quantitative estimate of drug-likeness (QED) is 0.408. The Labute approximate surface area is 88.5 Å². The highest BCUT2D eigenvalue weighted by atomic mass is 28.4. The molecule has 0 saturated carbocycles. The summed E-state index contributed by atoms with van der Waals surface area (Å²) in [5.74, 6) is 0. The Kier molecular flexibility index (Phi) is 4.75. The van der Waals surface area contributed by atoms with Gasteiger partial charge in [-0.1, -0.05) is 20.8 Å². The van der Waals surface area contributed by atoms with Gasteiger partial charge in [0.1, 0.15) is 6.29 Å². The summed E-state index contributed by atoms with van der Waals surface area (Å²) >= 11 is 0. The molecule has 0 aliphatic carbocycles. The van der Waals surface area contributed by atoms with Crippen molar-refractivity contribution in [3.8, 4) is 0 Å². The largest absolute Gasteiger partial charge is 0.413 e. The molecule has 0 fully saturated rings. The fourth-order valence-corrected chi connectivity index (χ4v) is 1.70. The molecule has 0 atom stereocenters. The Hall–Kier alpha value is -0.413. The van der Waals surface area contributed by atoms with E-state index in [0.717, 1.165) is 11.9 Å². The molecule has 0 amide bonds. The second kappa shape index (κ2) is 4.89. The highest BCUT2D eigenvalue weighted by Crippen LogP contribution is 2.36. The first-order valence-electron chi connectivity index (χ1n) is 4.95. The Morgan fingerprint density at radius 2 is 1.86 bits per heavy atom. The first-order chi connectivity index (χ1) is 6.20. The van der Waals surface area contributed by atoms with Crippen LogP contribution in [0, 0.1) is 0 Å². The van der Waals surface area contributed by atoms with Crippen LogP contribution in [0.3, 0.4) is 0 Å². The van der Waals surface area contributed by atoms with Crippen LogP contribution in [0.25, 0.3) is 0 Å². The van der Waals surface area contributed by atoms with Crippen molar-refractivity contribution in [2.24, 2.45) is 0 Å². The van der Waals surface area contributed by atoms with Gasteiger partial charge in [-0.05, 0) is 36.7 Å². The van der Waals surface area contributed by atoms with Crippen molar-refractivity contribution in [3.05, 3.63) is 11.6 Å². The minimum absolute atomic E-state index is 0.231. The van der Waals surface area contributed by atoms with E-state index in [-0.39, 0.29) is 5.04 Å². The summed E-state index contributed by atoms with van der Waals surface area (Å²) in [7, 11) is -1.65. The number of hydrogen-bond acceptors (Lipinski definition) is 2. The van der Waals surface area contributed by atoms with Crippen molar-refractivity contribution in [1.29, 1.82) is 0 Å². The molecule has 0 unspecified atom stereocenters. The average molecular weight is 214 g/mol. The minimum Gasteiger partial charge on any atom is -0.413 e. The SMILES string of the molecule is C/C(=C\C=O)CO[Si](C)(C)C(C)(C)C. The third kappa shape index (κ3) is 4.20. The Morgan fingerprint density at radius 3 is 2.21 bits per heavy atom. The predicted octanol–water partition coefficient (Wildman–Crippen LogP) is 3.15. The third-order valence-electron chi connectivity index (χ3n) is 2.82. The summed E-state index contributed by atoms with van der Waals surface area (Å²) in [6, 6.07) is 0. The van der Waals surface area contributed by atoms with Gasteiger partial charge in [0.15, 0.2) is 8.32 Å². The van der Waals surface area contributed by atoms with Gasteiger partial charge >= 0.3 is 0 Å². The molecule has 0 radical (unpaired) electrons. The average Bonchev–Trinajstić information content (AvgIpc) is 1.99.